The van der Waals surface area contributed by atoms with E-state index in [1.807, 2.05) is 0 Å². The smallest absolute Gasteiger partial charge is 0.419 e. The Balaban J connectivity index is 1.69. The molecule has 0 spiro atoms. The number of carbonyl (C=O) groups is 2. The number of carbonyl (C=O) groups excluding carboxylic acids is 1. The first-order chi connectivity index (χ1) is 12.1. The molecule has 2 aliphatic rings. The number of likely N-dealkylation sites (tertiary alicyclic amines) is 1. The highest BCUT2D eigenvalue weighted by Crippen LogP contribution is 2.41. The maximum atomic E-state index is 13.5. The van der Waals surface area contributed by atoms with E-state index in [0.717, 1.165) is 0 Å². The second kappa shape index (κ2) is 6.58. The van der Waals surface area contributed by atoms with Gasteiger partial charge >= 0.3 is 12.3 Å². The van der Waals surface area contributed by atoms with E-state index in [4.69, 9.17) is 9.84 Å². The normalized spacial score (nSPS) is 26.0. The van der Waals surface area contributed by atoms with Crippen LogP contribution in [0.4, 0.5) is 23.7 Å². The molecule has 1 saturated heterocycles. The molecular formula is C14H17F3N4O4S. The fourth-order valence-electron chi connectivity index (χ4n) is 3.14. The van der Waals surface area contributed by atoms with Gasteiger partial charge in [0.2, 0.25) is 0 Å². The predicted octanol–water partition coefficient (Wildman–Crippen LogP) is 1.48. The summed E-state index contributed by atoms with van der Waals surface area (Å²) in [6, 6.07) is 1.62. The Bertz CT molecular complexity index is 713. The molecule has 0 aromatic carbocycles. The number of ether oxygens (including phenoxy) is 1. The second-order valence-corrected chi connectivity index (χ2v) is 6.56. The van der Waals surface area contributed by atoms with Crippen LogP contribution >= 0.6 is 12.6 Å². The maximum absolute atomic E-state index is 13.5. The fourth-order valence-corrected chi connectivity index (χ4v) is 3.50. The summed E-state index contributed by atoms with van der Waals surface area (Å²) in [6.45, 7) is -1.29. The van der Waals surface area contributed by atoms with E-state index in [1.54, 1.807) is 17.2 Å². The molecule has 3 N–H and O–H groups in total. The lowest BCUT2D eigenvalue weighted by Crippen LogP contribution is -2.53. The van der Waals surface area contributed by atoms with E-state index in [1.165, 1.54) is 0 Å². The van der Waals surface area contributed by atoms with Crippen molar-refractivity contribution < 1.29 is 32.6 Å². The van der Waals surface area contributed by atoms with Crippen molar-refractivity contribution in [3.8, 4) is 0 Å². The van der Waals surface area contributed by atoms with Crippen LogP contribution in [0.2, 0.25) is 0 Å². The van der Waals surface area contributed by atoms with Gasteiger partial charge < -0.3 is 29.9 Å². The number of anilines is 1. The summed E-state index contributed by atoms with van der Waals surface area (Å²) in [5, 5.41) is 11.5. The zero-order chi connectivity index (χ0) is 19.1. The van der Waals surface area contributed by atoms with E-state index in [-0.39, 0.29) is 25.6 Å². The van der Waals surface area contributed by atoms with Crippen LogP contribution in [-0.4, -0.2) is 70.5 Å². The Morgan fingerprint density at radius 3 is 2.85 bits per heavy atom. The van der Waals surface area contributed by atoms with Gasteiger partial charge in [0, 0.05) is 25.7 Å². The van der Waals surface area contributed by atoms with Gasteiger partial charge in [0.15, 0.2) is 5.60 Å². The van der Waals surface area contributed by atoms with E-state index in [2.05, 4.69) is 22.9 Å². The van der Waals surface area contributed by atoms with E-state index >= 15 is 0 Å². The first kappa shape index (κ1) is 18.7. The van der Waals surface area contributed by atoms with Crippen molar-refractivity contribution in [2.75, 3.05) is 31.1 Å². The predicted molar refractivity (Wildman–Crippen MR) is 87.3 cm³/mol. The number of aromatic amines is 1. The third-order valence-corrected chi connectivity index (χ3v) is 4.95. The molecule has 3 rings (SSSR count). The summed E-state index contributed by atoms with van der Waals surface area (Å²) in [7, 11) is 0. The number of hydrogen-bond donors (Lipinski definition) is 4. The van der Waals surface area contributed by atoms with Gasteiger partial charge in [-0.05, 0) is 6.07 Å². The molecule has 2 unspecified atom stereocenters. The average molecular weight is 394 g/mol. The standard InChI is InChI=1S/C14H17F3N4O4S/c15-14(16,17)13(2-4-20(7-13)12(23)24)25-6-5-21-8-1-3-18-9(8)10(22)19-11(21)26/h1,3,11,18,26H,2,4-7H2,(H,19,22)(H,23,24). The van der Waals surface area contributed by atoms with Crippen molar-refractivity contribution in [1.82, 2.24) is 15.2 Å². The van der Waals surface area contributed by atoms with Gasteiger partial charge in [-0.2, -0.15) is 13.2 Å². The molecule has 144 valence electrons. The van der Waals surface area contributed by atoms with Crippen molar-refractivity contribution in [3.63, 3.8) is 0 Å². The first-order valence-electron chi connectivity index (χ1n) is 7.76. The van der Waals surface area contributed by atoms with Crippen LogP contribution in [0.15, 0.2) is 12.3 Å². The number of thiol groups is 1. The number of carboxylic acid groups (broad SMARTS) is 1. The molecule has 1 aromatic heterocycles. The van der Waals surface area contributed by atoms with Crippen LogP contribution in [0.1, 0.15) is 16.9 Å². The average Bonchev–Trinajstić information content (AvgIpc) is 3.18. The van der Waals surface area contributed by atoms with Crippen LogP contribution in [0.5, 0.6) is 0 Å². The van der Waals surface area contributed by atoms with Gasteiger partial charge in [-0.15, -0.1) is 12.6 Å². The number of alkyl halides is 3. The van der Waals surface area contributed by atoms with E-state index in [0.29, 0.717) is 16.3 Å². The third-order valence-electron chi connectivity index (χ3n) is 4.55. The van der Waals surface area contributed by atoms with Crippen molar-refractivity contribution in [2.24, 2.45) is 0 Å². The van der Waals surface area contributed by atoms with Gasteiger partial charge in [0.1, 0.15) is 11.2 Å². The lowest BCUT2D eigenvalue weighted by Gasteiger charge is -2.36. The zero-order valence-corrected chi connectivity index (χ0v) is 14.3. The Hall–Kier alpha value is -2.08. The summed E-state index contributed by atoms with van der Waals surface area (Å²) in [6.07, 6.45) is -5.03. The van der Waals surface area contributed by atoms with E-state index < -0.39 is 36.3 Å². The number of nitrogens with zero attached hydrogens (tertiary/aromatic N) is 2. The molecule has 0 radical (unpaired) electrons. The maximum Gasteiger partial charge on any atom is 0.419 e. The summed E-state index contributed by atoms with van der Waals surface area (Å²) in [4.78, 5) is 27.8. The molecule has 1 fully saturated rings. The topological polar surface area (TPSA) is 97.9 Å². The number of rotatable bonds is 4. The van der Waals surface area contributed by atoms with Crippen molar-refractivity contribution in [3.05, 3.63) is 18.0 Å². The Morgan fingerprint density at radius 2 is 2.23 bits per heavy atom. The number of nitrogens with one attached hydrogen (secondary N) is 2. The monoisotopic (exact) mass is 394 g/mol. The molecular weight excluding hydrogens is 377 g/mol. The molecule has 8 nitrogen and oxygen atoms in total. The summed E-state index contributed by atoms with van der Waals surface area (Å²) in [5.41, 5.74) is -2.44. The van der Waals surface area contributed by atoms with Crippen LogP contribution in [0.3, 0.4) is 0 Å². The summed E-state index contributed by atoms with van der Waals surface area (Å²) in [5.74, 6) is -0.359. The Labute approximate surface area is 151 Å². The fraction of sp³-hybridized carbons (Fsp3) is 0.571. The molecule has 12 heteroatoms. The number of fused-ring (bicyclic) bond motifs is 1. The Morgan fingerprint density at radius 1 is 1.50 bits per heavy atom. The van der Waals surface area contributed by atoms with Crippen LogP contribution in [0.25, 0.3) is 0 Å². The first-order valence-corrected chi connectivity index (χ1v) is 8.28. The van der Waals surface area contributed by atoms with Gasteiger partial charge in [-0.3, -0.25) is 4.79 Å². The number of H-pyrrole nitrogens is 1. The molecule has 2 amide bonds. The van der Waals surface area contributed by atoms with Gasteiger partial charge in [0.05, 0.1) is 18.8 Å². The number of amides is 2. The van der Waals surface area contributed by atoms with Crippen molar-refractivity contribution in [2.45, 2.75) is 23.7 Å². The highest BCUT2D eigenvalue weighted by molar-refractivity contribution is 7.81. The Kier molecular flexibility index (Phi) is 4.73. The number of aromatic nitrogens is 1. The van der Waals surface area contributed by atoms with Crippen LogP contribution in [0, 0.1) is 0 Å². The second-order valence-electron chi connectivity index (χ2n) is 6.07. The highest BCUT2D eigenvalue weighted by Gasteiger charge is 2.60. The summed E-state index contributed by atoms with van der Waals surface area (Å²) < 4.78 is 45.7. The molecule has 0 aliphatic carbocycles. The van der Waals surface area contributed by atoms with Gasteiger partial charge in [-0.25, -0.2) is 4.79 Å². The third kappa shape index (κ3) is 3.18. The molecule has 1 aromatic rings. The SMILES string of the molecule is O=C1NC(S)N(CCOC2(C(F)(F)F)CCN(C(=O)O)C2)c2cc[nH]c21. The molecule has 3 heterocycles. The lowest BCUT2D eigenvalue weighted by atomic mass is 10.0. The quantitative estimate of drug-likeness (QED) is 0.580. The van der Waals surface area contributed by atoms with Crippen LogP contribution in [-0.2, 0) is 4.74 Å². The zero-order valence-electron chi connectivity index (χ0n) is 13.4. The molecule has 26 heavy (non-hydrogen) atoms. The number of halogens is 3. The minimum absolute atomic E-state index is 0.0319. The summed E-state index contributed by atoms with van der Waals surface area (Å²) >= 11 is 4.23. The van der Waals surface area contributed by atoms with Gasteiger partial charge in [-0.1, -0.05) is 0 Å². The molecule has 2 atom stereocenters. The van der Waals surface area contributed by atoms with Crippen molar-refractivity contribution in [1.29, 1.82) is 0 Å². The largest absolute Gasteiger partial charge is 0.465 e. The van der Waals surface area contributed by atoms with Crippen molar-refractivity contribution >= 4 is 30.3 Å². The molecule has 0 saturated carbocycles. The minimum Gasteiger partial charge on any atom is -0.465 e. The molecule has 0 bridgehead atoms. The highest BCUT2D eigenvalue weighted by atomic mass is 32.1. The van der Waals surface area contributed by atoms with Crippen LogP contribution < -0.4 is 10.2 Å². The molecule has 2 aliphatic heterocycles. The van der Waals surface area contributed by atoms with E-state index in [9.17, 15) is 22.8 Å². The van der Waals surface area contributed by atoms with Gasteiger partial charge in [0.25, 0.3) is 5.91 Å². The lowest BCUT2D eigenvalue weighted by molar-refractivity contribution is -0.270. The minimum atomic E-state index is -4.70. The number of hydrogen-bond acceptors (Lipinski definition) is 5.